The summed E-state index contributed by atoms with van der Waals surface area (Å²) in [5.41, 5.74) is 0. The van der Waals surface area contributed by atoms with Crippen LogP contribution < -0.4 is 0 Å². The van der Waals surface area contributed by atoms with Crippen LogP contribution in [0.3, 0.4) is 0 Å². The molecule has 0 aliphatic carbocycles. The molecule has 0 saturated heterocycles. The molecule has 0 aromatic rings. The minimum atomic E-state index is -1.74. The Hall–Kier alpha value is -1.22. The van der Waals surface area contributed by atoms with Crippen molar-refractivity contribution in [3.8, 4) is 0 Å². The molecule has 8 nitrogen and oxygen atoms in total. The summed E-state index contributed by atoms with van der Waals surface area (Å²) in [5, 5.41) is 36.0. The number of hydrogen-bond donors (Lipinski definition) is 4. The van der Waals surface area contributed by atoms with Crippen LogP contribution in [0, 0.1) is 0 Å². The molecule has 0 bridgehead atoms. The van der Waals surface area contributed by atoms with E-state index >= 15 is 0 Å². The molecule has 0 saturated carbocycles. The first-order valence-electron chi connectivity index (χ1n) is 21.2. The maximum absolute atomic E-state index is 11.5. The fraction of sp³-hybridized carbons (Fsp3) is 0.952. The number of carbonyl (C=O) groups is 2. The topological polar surface area (TPSA) is 134 Å². The van der Waals surface area contributed by atoms with E-state index in [0.717, 1.165) is 32.1 Å². The van der Waals surface area contributed by atoms with Gasteiger partial charge in [0.2, 0.25) is 5.79 Å². The second-order valence-electron chi connectivity index (χ2n) is 14.7. The summed E-state index contributed by atoms with van der Waals surface area (Å²) in [4.78, 5) is 22.8. The van der Waals surface area contributed by atoms with E-state index in [9.17, 15) is 14.7 Å². The molecule has 0 radical (unpaired) electrons. The van der Waals surface area contributed by atoms with Gasteiger partial charge in [-0.05, 0) is 12.8 Å². The average molecular weight is 717 g/mol. The Morgan fingerprint density at radius 2 is 0.780 bits per heavy atom. The van der Waals surface area contributed by atoms with Crippen molar-refractivity contribution in [2.75, 3.05) is 19.8 Å². The molecule has 50 heavy (non-hydrogen) atoms. The van der Waals surface area contributed by atoms with E-state index in [2.05, 4.69) is 13.8 Å². The summed E-state index contributed by atoms with van der Waals surface area (Å²) in [7, 11) is 0. The standard InChI is InChI=1S/2C21H42O4/c1-3-4-5-6-7-8-9-10-11-12-13-14-15-16-17-18-20(23)25-21(2,24)19-22;1-2-3-4-5-6-7-8-9-10-11-12-13-14-15-16-17-21(24)25-19-20(23)18-22/h22,24H,3-19H2,1-2H3;20,22-23H,2-19H2,1H3. The first-order chi connectivity index (χ1) is 24.2. The Labute approximate surface area is 308 Å². The van der Waals surface area contributed by atoms with Gasteiger partial charge in [-0.15, -0.1) is 0 Å². The molecule has 0 amide bonds. The van der Waals surface area contributed by atoms with Crippen molar-refractivity contribution in [2.24, 2.45) is 0 Å². The Morgan fingerprint density at radius 3 is 1.06 bits per heavy atom. The maximum Gasteiger partial charge on any atom is 0.308 e. The van der Waals surface area contributed by atoms with Crippen LogP contribution in [-0.2, 0) is 19.1 Å². The lowest BCUT2D eigenvalue weighted by Gasteiger charge is -2.20. The van der Waals surface area contributed by atoms with Crippen molar-refractivity contribution < 1.29 is 39.5 Å². The molecule has 4 N–H and O–H groups in total. The van der Waals surface area contributed by atoms with Gasteiger partial charge in [-0.2, -0.15) is 0 Å². The summed E-state index contributed by atoms with van der Waals surface area (Å²) < 4.78 is 9.64. The predicted molar refractivity (Wildman–Crippen MR) is 207 cm³/mol. The minimum Gasteiger partial charge on any atom is -0.463 e. The highest BCUT2D eigenvalue weighted by atomic mass is 16.7. The molecule has 0 aromatic heterocycles. The Bertz CT molecular complexity index is 699. The Kier molecular flexibility index (Phi) is 41.3. The first kappa shape index (κ1) is 50.9. The third-order valence-electron chi connectivity index (χ3n) is 9.24. The van der Waals surface area contributed by atoms with Gasteiger partial charge in [0.15, 0.2) is 0 Å². The maximum atomic E-state index is 11.5. The normalized spacial score (nSPS) is 12.9. The number of aliphatic hydroxyl groups is 4. The number of unbranched alkanes of at least 4 members (excludes halogenated alkanes) is 28. The van der Waals surface area contributed by atoms with Crippen molar-refractivity contribution in [1.29, 1.82) is 0 Å². The molecule has 300 valence electrons. The second-order valence-corrected chi connectivity index (χ2v) is 14.7. The SMILES string of the molecule is CCCCCCCCCCCCCCCCCC(=O)OC(C)(O)CO.CCCCCCCCCCCCCCCCCC(=O)OCC(O)CO. The molecule has 2 unspecified atom stereocenters. The molecule has 0 aromatic carbocycles. The molecule has 0 aliphatic heterocycles. The van der Waals surface area contributed by atoms with E-state index in [1.54, 1.807) is 0 Å². The molecule has 0 rings (SSSR count). The van der Waals surface area contributed by atoms with Gasteiger partial charge in [-0.1, -0.05) is 194 Å². The van der Waals surface area contributed by atoms with E-state index < -0.39 is 24.5 Å². The van der Waals surface area contributed by atoms with Crippen molar-refractivity contribution in [3.05, 3.63) is 0 Å². The number of esters is 2. The van der Waals surface area contributed by atoms with Crippen molar-refractivity contribution in [2.45, 2.75) is 238 Å². The lowest BCUT2D eigenvalue weighted by molar-refractivity contribution is -0.214. The fourth-order valence-electron chi connectivity index (χ4n) is 5.92. The second kappa shape index (κ2) is 40.5. The Balaban J connectivity index is 0. The molecule has 0 spiro atoms. The molecule has 0 fully saturated rings. The monoisotopic (exact) mass is 717 g/mol. The zero-order valence-electron chi connectivity index (χ0n) is 33.2. The summed E-state index contributed by atoms with van der Waals surface area (Å²) in [6, 6.07) is 0. The lowest BCUT2D eigenvalue weighted by Crippen LogP contribution is -2.35. The summed E-state index contributed by atoms with van der Waals surface area (Å²) in [6.07, 6.45) is 38.7. The molecule has 8 heteroatoms. The highest BCUT2D eigenvalue weighted by molar-refractivity contribution is 5.69. The van der Waals surface area contributed by atoms with E-state index in [1.807, 2.05) is 0 Å². The number of hydrogen-bond acceptors (Lipinski definition) is 8. The lowest BCUT2D eigenvalue weighted by atomic mass is 10.0. The number of rotatable bonds is 37. The summed E-state index contributed by atoms with van der Waals surface area (Å²) >= 11 is 0. The van der Waals surface area contributed by atoms with Crippen molar-refractivity contribution >= 4 is 11.9 Å². The summed E-state index contributed by atoms with van der Waals surface area (Å²) in [6.45, 7) is 4.77. The largest absolute Gasteiger partial charge is 0.463 e. The van der Waals surface area contributed by atoms with Crippen molar-refractivity contribution in [3.63, 3.8) is 0 Å². The van der Waals surface area contributed by atoms with Gasteiger partial charge in [-0.3, -0.25) is 9.59 Å². The van der Waals surface area contributed by atoms with Crippen LogP contribution in [0.2, 0.25) is 0 Å². The molecular formula is C42H84O8. The highest BCUT2D eigenvalue weighted by Gasteiger charge is 2.23. The van der Waals surface area contributed by atoms with E-state index in [1.165, 1.54) is 167 Å². The van der Waals surface area contributed by atoms with Crippen LogP contribution in [0.4, 0.5) is 0 Å². The average Bonchev–Trinajstić information content (AvgIpc) is 3.10. The minimum absolute atomic E-state index is 0.103. The van der Waals surface area contributed by atoms with E-state index in [0.29, 0.717) is 12.8 Å². The van der Waals surface area contributed by atoms with Crippen molar-refractivity contribution in [1.82, 2.24) is 0 Å². The van der Waals surface area contributed by atoms with Gasteiger partial charge < -0.3 is 29.9 Å². The third-order valence-corrected chi connectivity index (χ3v) is 9.24. The van der Waals surface area contributed by atoms with Crippen LogP contribution >= 0.6 is 0 Å². The van der Waals surface area contributed by atoms with E-state index in [4.69, 9.17) is 24.8 Å². The highest BCUT2D eigenvalue weighted by Crippen LogP contribution is 2.16. The van der Waals surface area contributed by atoms with Gasteiger partial charge in [0, 0.05) is 19.8 Å². The fourth-order valence-corrected chi connectivity index (χ4v) is 5.92. The number of carbonyl (C=O) groups excluding carboxylic acids is 2. The summed E-state index contributed by atoms with van der Waals surface area (Å²) in [5.74, 6) is -2.46. The van der Waals surface area contributed by atoms with Crippen LogP contribution in [0.15, 0.2) is 0 Å². The number of ether oxygens (including phenoxy) is 2. The Morgan fingerprint density at radius 1 is 0.500 bits per heavy atom. The van der Waals surface area contributed by atoms with Gasteiger partial charge in [0.05, 0.1) is 6.61 Å². The van der Waals surface area contributed by atoms with Crippen LogP contribution in [0.1, 0.15) is 226 Å². The molecule has 0 aliphatic rings. The predicted octanol–water partition coefficient (Wildman–Crippen LogP) is 10.6. The van der Waals surface area contributed by atoms with Gasteiger partial charge in [-0.25, -0.2) is 0 Å². The zero-order chi connectivity index (χ0) is 37.4. The first-order valence-corrected chi connectivity index (χ1v) is 21.2. The molecular weight excluding hydrogens is 632 g/mol. The van der Waals surface area contributed by atoms with Gasteiger partial charge in [0.1, 0.15) is 19.3 Å². The molecule has 2 atom stereocenters. The molecule has 0 heterocycles. The van der Waals surface area contributed by atoms with Gasteiger partial charge >= 0.3 is 11.9 Å². The zero-order valence-corrected chi connectivity index (χ0v) is 33.2. The third kappa shape index (κ3) is 42.9. The van der Waals surface area contributed by atoms with Crippen LogP contribution in [0.25, 0.3) is 0 Å². The van der Waals surface area contributed by atoms with Crippen LogP contribution in [0.5, 0.6) is 0 Å². The number of aliphatic hydroxyl groups excluding tert-OH is 3. The quantitative estimate of drug-likeness (QED) is 0.0284. The van der Waals surface area contributed by atoms with Gasteiger partial charge in [0.25, 0.3) is 0 Å². The smallest absolute Gasteiger partial charge is 0.308 e. The van der Waals surface area contributed by atoms with E-state index in [-0.39, 0.29) is 19.2 Å². The van der Waals surface area contributed by atoms with Crippen LogP contribution in [-0.4, -0.2) is 64.1 Å².